The SMILES string of the molecule is COc1ccc(NC(=O)CN2C(=O)N/C(=C\c3cc(OC)c(N4CCCC4)cc3OC)C2=O)cc1. The molecule has 2 aromatic carbocycles. The third-order valence-electron chi connectivity index (χ3n) is 5.92. The number of rotatable bonds is 8. The summed E-state index contributed by atoms with van der Waals surface area (Å²) in [6.45, 7) is 1.44. The van der Waals surface area contributed by atoms with Gasteiger partial charge in [0.1, 0.15) is 29.5 Å². The first kappa shape index (κ1) is 23.9. The van der Waals surface area contributed by atoms with Crippen LogP contribution in [0.5, 0.6) is 17.2 Å². The number of nitrogens with zero attached hydrogens (tertiary/aromatic N) is 2. The number of ether oxygens (including phenoxy) is 3. The van der Waals surface area contributed by atoms with E-state index in [-0.39, 0.29) is 5.70 Å². The maximum Gasteiger partial charge on any atom is 0.329 e. The molecule has 0 unspecified atom stereocenters. The van der Waals surface area contributed by atoms with E-state index in [9.17, 15) is 14.4 Å². The minimum atomic E-state index is -0.675. The fourth-order valence-electron chi connectivity index (χ4n) is 4.11. The highest BCUT2D eigenvalue weighted by molar-refractivity contribution is 6.16. The predicted molar refractivity (Wildman–Crippen MR) is 131 cm³/mol. The van der Waals surface area contributed by atoms with E-state index in [1.807, 2.05) is 6.07 Å². The molecule has 0 saturated carbocycles. The van der Waals surface area contributed by atoms with Crippen molar-refractivity contribution in [2.45, 2.75) is 12.8 Å². The lowest BCUT2D eigenvalue weighted by atomic mass is 10.1. The number of hydrogen-bond acceptors (Lipinski definition) is 7. The molecule has 2 fully saturated rings. The molecule has 0 aromatic heterocycles. The smallest absolute Gasteiger partial charge is 0.329 e. The Hall–Kier alpha value is -4.21. The number of carbonyl (C=O) groups excluding carboxylic acids is 3. The zero-order valence-corrected chi connectivity index (χ0v) is 19.9. The van der Waals surface area contributed by atoms with Gasteiger partial charge in [0, 0.05) is 30.4 Å². The summed E-state index contributed by atoms with van der Waals surface area (Å²) in [5, 5.41) is 5.20. The van der Waals surface area contributed by atoms with Crippen molar-refractivity contribution in [3.8, 4) is 17.2 Å². The molecule has 10 heteroatoms. The monoisotopic (exact) mass is 480 g/mol. The summed E-state index contributed by atoms with van der Waals surface area (Å²) in [4.78, 5) is 40.9. The lowest BCUT2D eigenvalue weighted by Crippen LogP contribution is -2.38. The molecule has 0 spiro atoms. The second kappa shape index (κ2) is 10.4. The lowest BCUT2D eigenvalue weighted by Gasteiger charge is -2.22. The molecule has 2 N–H and O–H groups in total. The molecular weight excluding hydrogens is 452 g/mol. The largest absolute Gasteiger partial charge is 0.497 e. The Morgan fingerprint density at radius 1 is 1.00 bits per heavy atom. The summed E-state index contributed by atoms with van der Waals surface area (Å²) in [6.07, 6.45) is 3.75. The maximum atomic E-state index is 12.9. The molecule has 2 aliphatic rings. The first-order valence-corrected chi connectivity index (χ1v) is 11.2. The topological polar surface area (TPSA) is 109 Å². The molecule has 0 radical (unpaired) electrons. The van der Waals surface area contributed by atoms with Crippen LogP contribution in [-0.2, 0) is 9.59 Å². The molecule has 0 bridgehead atoms. The van der Waals surface area contributed by atoms with Crippen LogP contribution in [0.3, 0.4) is 0 Å². The molecule has 184 valence electrons. The van der Waals surface area contributed by atoms with Crippen LogP contribution in [-0.4, -0.2) is 63.7 Å². The second-order valence-corrected chi connectivity index (χ2v) is 8.12. The van der Waals surface area contributed by atoms with Gasteiger partial charge in [-0.1, -0.05) is 0 Å². The first-order chi connectivity index (χ1) is 16.9. The fraction of sp³-hybridized carbons (Fsp3) is 0.320. The minimum absolute atomic E-state index is 0.0431. The van der Waals surface area contributed by atoms with Gasteiger partial charge in [-0.2, -0.15) is 0 Å². The number of carbonyl (C=O) groups is 3. The molecule has 0 atom stereocenters. The highest BCUT2D eigenvalue weighted by atomic mass is 16.5. The number of urea groups is 1. The molecular formula is C25H28N4O6. The van der Waals surface area contributed by atoms with Gasteiger partial charge in [0.05, 0.1) is 27.0 Å². The van der Waals surface area contributed by atoms with Crippen LogP contribution in [0.25, 0.3) is 6.08 Å². The van der Waals surface area contributed by atoms with Crippen molar-refractivity contribution < 1.29 is 28.6 Å². The van der Waals surface area contributed by atoms with E-state index in [0.29, 0.717) is 28.5 Å². The number of hydrogen-bond donors (Lipinski definition) is 2. The molecule has 0 aliphatic carbocycles. The summed E-state index contributed by atoms with van der Waals surface area (Å²) in [5.41, 5.74) is 2.05. The van der Waals surface area contributed by atoms with Gasteiger partial charge in [-0.05, 0) is 49.2 Å². The number of benzene rings is 2. The Kier molecular flexibility index (Phi) is 7.09. The van der Waals surface area contributed by atoms with Crippen LogP contribution in [0, 0.1) is 0 Å². The second-order valence-electron chi connectivity index (χ2n) is 8.12. The van der Waals surface area contributed by atoms with E-state index >= 15 is 0 Å². The van der Waals surface area contributed by atoms with E-state index in [1.54, 1.807) is 51.7 Å². The van der Waals surface area contributed by atoms with Gasteiger partial charge < -0.3 is 29.7 Å². The summed E-state index contributed by atoms with van der Waals surface area (Å²) >= 11 is 0. The molecule has 2 aromatic rings. The lowest BCUT2D eigenvalue weighted by molar-refractivity contribution is -0.127. The van der Waals surface area contributed by atoms with Crippen molar-refractivity contribution in [3.63, 3.8) is 0 Å². The van der Waals surface area contributed by atoms with Crippen molar-refractivity contribution in [1.82, 2.24) is 10.2 Å². The van der Waals surface area contributed by atoms with E-state index in [2.05, 4.69) is 15.5 Å². The summed E-state index contributed by atoms with van der Waals surface area (Å²) in [6, 6.07) is 9.70. The van der Waals surface area contributed by atoms with Gasteiger partial charge in [-0.3, -0.25) is 9.59 Å². The minimum Gasteiger partial charge on any atom is -0.497 e. The van der Waals surface area contributed by atoms with Gasteiger partial charge in [0.25, 0.3) is 5.91 Å². The average Bonchev–Trinajstić information content (AvgIpc) is 3.49. The molecule has 35 heavy (non-hydrogen) atoms. The van der Waals surface area contributed by atoms with Crippen LogP contribution in [0.1, 0.15) is 18.4 Å². The van der Waals surface area contributed by atoms with Gasteiger partial charge in [-0.15, -0.1) is 0 Å². The van der Waals surface area contributed by atoms with Gasteiger partial charge >= 0.3 is 6.03 Å². The summed E-state index contributed by atoms with van der Waals surface area (Å²) in [5.74, 6) is 0.719. The number of anilines is 2. The molecule has 2 aliphatic heterocycles. The number of amides is 4. The highest BCUT2D eigenvalue weighted by Gasteiger charge is 2.35. The Morgan fingerprint density at radius 2 is 1.69 bits per heavy atom. The Balaban J connectivity index is 1.51. The van der Waals surface area contributed by atoms with Crippen LogP contribution in [0.15, 0.2) is 42.1 Å². The van der Waals surface area contributed by atoms with Gasteiger partial charge in [-0.25, -0.2) is 9.69 Å². The van der Waals surface area contributed by atoms with Crippen LogP contribution in [0.4, 0.5) is 16.2 Å². The number of imide groups is 1. The van der Waals surface area contributed by atoms with Gasteiger partial charge in [0.2, 0.25) is 5.91 Å². The average molecular weight is 481 g/mol. The maximum absolute atomic E-state index is 12.9. The summed E-state index contributed by atoms with van der Waals surface area (Å²) in [7, 11) is 4.68. The highest BCUT2D eigenvalue weighted by Crippen LogP contribution is 2.38. The van der Waals surface area contributed by atoms with Crippen molar-refractivity contribution in [2.75, 3.05) is 51.2 Å². The van der Waals surface area contributed by atoms with E-state index in [1.165, 1.54) is 6.08 Å². The standard InChI is InChI=1S/C25H28N4O6/c1-33-18-8-6-17(7-9-18)26-23(30)15-29-24(31)19(27-25(29)32)12-16-13-22(35-3)20(14-21(16)34-2)28-10-4-5-11-28/h6-9,12-14H,4-5,10-11,15H2,1-3H3,(H,26,30)(H,27,32)/b19-12-. The van der Waals surface area contributed by atoms with Crippen molar-refractivity contribution in [3.05, 3.63) is 47.7 Å². The molecule has 10 nitrogen and oxygen atoms in total. The Labute approximate surface area is 203 Å². The quantitative estimate of drug-likeness (QED) is 0.442. The van der Waals surface area contributed by atoms with Gasteiger partial charge in [0.15, 0.2) is 0 Å². The van der Waals surface area contributed by atoms with E-state index in [0.717, 1.165) is 36.5 Å². The third kappa shape index (κ3) is 5.16. The molecule has 4 rings (SSSR count). The van der Waals surface area contributed by atoms with Crippen molar-refractivity contribution in [2.24, 2.45) is 0 Å². The third-order valence-corrected chi connectivity index (χ3v) is 5.92. The Bertz CT molecular complexity index is 1160. The van der Waals surface area contributed by atoms with Crippen LogP contribution >= 0.6 is 0 Å². The first-order valence-electron chi connectivity index (χ1n) is 11.2. The Morgan fingerprint density at radius 3 is 2.31 bits per heavy atom. The fourth-order valence-corrected chi connectivity index (χ4v) is 4.11. The zero-order chi connectivity index (χ0) is 24.9. The molecule has 2 saturated heterocycles. The molecule has 4 amide bonds. The number of methoxy groups -OCH3 is 3. The zero-order valence-electron chi connectivity index (χ0n) is 19.9. The van der Waals surface area contributed by atoms with Crippen molar-refractivity contribution in [1.29, 1.82) is 0 Å². The predicted octanol–water partition coefficient (Wildman–Crippen LogP) is 2.84. The summed E-state index contributed by atoms with van der Waals surface area (Å²) < 4.78 is 16.2. The molecule has 2 heterocycles. The van der Waals surface area contributed by atoms with Crippen LogP contribution in [0.2, 0.25) is 0 Å². The van der Waals surface area contributed by atoms with Crippen molar-refractivity contribution >= 4 is 35.3 Å². The van der Waals surface area contributed by atoms with Crippen LogP contribution < -0.4 is 29.7 Å². The van der Waals surface area contributed by atoms with E-state index < -0.39 is 24.4 Å². The van der Waals surface area contributed by atoms with E-state index in [4.69, 9.17) is 14.2 Å². The normalized spacial score (nSPS) is 16.5. The number of nitrogens with one attached hydrogen (secondary N) is 2.